The van der Waals surface area contributed by atoms with Crippen LogP contribution in [-0.4, -0.2) is 5.91 Å². The highest BCUT2D eigenvalue weighted by Gasteiger charge is 2.09. The van der Waals surface area contributed by atoms with Crippen LogP contribution < -0.4 is 5.32 Å². The number of amides is 1. The molecular formula is C17H14N2O2. The lowest BCUT2D eigenvalue weighted by molar-refractivity contribution is -0.112. The Hall–Kier alpha value is -3.06. The van der Waals surface area contributed by atoms with E-state index in [0.29, 0.717) is 11.4 Å². The highest BCUT2D eigenvalue weighted by Crippen LogP contribution is 2.12. The number of nitrogens with zero attached hydrogens (tertiary/aromatic N) is 1. The molecule has 1 aromatic carbocycles. The summed E-state index contributed by atoms with van der Waals surface area (Å²) in [5, 5.41) is 11.8. The van der Waals surface area contributed by atoms with Gasteiger partial charge in [0.25, 0.3) is 5.91 Å². The number of benzene rings is 1. The van der Waals surface area contributed by atoms with E-state index in [1.54, 1.807) is 43.5 Å². The van der Waals surface area contributed by atoms with Crippen molar-refractivity contribution in [3.05, 3.63) is 71.7 Å². The monoisotopic (exact) mass is 278 g/mol. The number of rotatable bonds is 4. The maximum absolute atomic E-state index is 12.0. The average molecular weight is 278 g/mol. The Morgan fingerprint density at radius 2 is 2.00 bits per heavy atom. The molecule has 1 heterocycles. The lowest BCUT2D eigenvalue weighted by Gasteiger charge is -2.03. The Labute approximate surface area is 123 Å². The molecule has 0 saturated heterocycles. The predicted molar refractivity (Wildman–Crippen MR) is 81.1 cm³/mol. The van der Waals surface area contributed by atoms with Crippen molar-refractivity contribution in [1.82, 2.24) is 0 Å². The fraction of sp³-hybridized carbons (Fsp3) is 0.0588. The zero-order chi connectivity index (χ0) is 15.1. The first kappa shape index (κ1) is 14.4. The van der Waals surface area contributed by atoms with Gasteiger partial charge in [0.05, 0.1) is 6.26 Å². The van der Waals surface area contributed by atoms with Crippen molar-refractivity contribution in [2.45, 2.75) is 6.92 Å². The third kappa shape index (κ3) is 4.22. The number of carbonyl (C=O) groups is 1. The van der Waals surface area contributed by atoms with Gasteiger partial charge in [-0.25, -0.2) is 0 Å². The molecule has 1 N–H and O–H groups in total. The maximum atomic E-state index is 12.0. The van der Waals surface area contributed by atoms with E-state index in [9.17, 15) is 4.79 Å². The van der Waals surface area contributed by atoms with Crippen LogP contribution in [0.5, 0.6) is 0 Å². The molecule has 0 aliphatic rings. The van der Waals surface area contributed by atoms with Crippen LogP contribution in [0.25, 0.3) is 6.08 Å². The average Bonchev–Trinajstić information content (AvgIpc) is 2.98. The summed E-state index contributed by atoms with van der Waals surface area (Å²) in [6, 6.07) is 14.5. The molecule has 0 saturated carbocycles. The van der Waals surface area contributed by atoms with Crippen LogP contribution in [-0.2, 0) is 4.79 Å². The van der Waals surface area contributed by atoms with Crippen LogP contribution in [0.4, 0.5) is 5.69 Å². The van der Waals surface area contributed by atoms with Crippen molar-refractivity contribution in [1.29, 1.82) is 5.26 Å². The lowest BCUT2D eigenvalue weighted by Crippen LogP contribution is -2.13. The first-order chi connectivity index (χ1) is 10.2. The molecule has 21 heavy (non-hydrogen) atoms. The summed E-state index contributed by atoms with van der Waals surface area (Å²) in [7, 11) is 0. The number of allylic oxidation sites excluding steroid dienone is 2. The molecule has 1 aromatic heterocycles. The number of para-hydroxylation sites is 1. The summed E-state index contributed by atoms with van der Waals surface area (Å²) < 4.78 is 5.19. The van der Waals surface area contributed by atoms with Crippen molar-refractivity contribution in [2.75, 3.05) is 5.32 Å². The van der Waals surface area contributed by atoms with E-state index in [1.165, 1.54) is 6.08 Å². The van der Waals surface area contributed by atoms with E-state index >= 15 is 0 Å². The van der Waals surface area contributed by atoms with Crippen LogP contribution in [0.2, 0.25) is 0 Å². The van der Waals surface area contributed by atoms with Crippen molar-refractivity contribution >= 4 is 17.7 Å². The van der Waals surface area contributed by atoms with Gasteiger partial charge in [-0.2, -0.15) is 5.26 Å². The molecule has 0 radical (unpaired) electrons. The van der Waals surface area contributed by atoms with Crippen molar-refractivity contribution in [3.8, 4) is 6.07 Å². The fourth-order valence-corrected chi connectivity index (χ4v) is 1.74. The Bertz CT molecular complexity index is 705. The number of carbonyl (C=O) groups excluding carboxylic acids is 1. The van der Waals surface area contributed by atoms with Gasteiger partial charge >= 0.3 is 0 Å². The number of furan rings is 1. The minimum atomic E-state index is -0.434. The quantitative estimate of drug-likeness (QED) is 0.526. The SMILES string of the molecule is CC(=C\c1ccco1)/C=C(\C#N)C(=O)Nc1ccccc1. The van der Waals surface area contributed by atoms with Crippen LogP contribution in [0.15, 0.2) is 70.4 Å². The lowest BCUT2D eigenvalue weighted by atomic mass is 10.1. The summed E-state index contributed by atoms with van der Waals surface area (Å²) >= 11 is 0. The number of hydrogen-bond acceptors (Lipinski definition) is 3. The van der Waals surface area contributed by atoms with Gasteiger partial charge in [0.2, 0.25) is 0 Å². The zero-order valence-corrected chi connectivity index (χ0v) is 11.5. The van der Waals surface area contributed by atoms with Crippen LogP contribution >= 0.6 is 0 Å². The number of nitrogens with one attached hydrogen (secondary N) is 1. The van der Waals surface area contributed by atoms with E-state index in [0.717, 1.165) is 5.57 Å². The molecule has 2 rings (SSSR count). The predicted octanol–water partition coefficient (Wildman–Crippen LogP) is 3.77. The largest absolute Gasteiger partial charge is 0.465 e. The van der Waals surface area contributed by atoms with Crippen molar-refractivity contribution in [3.63, 3.8) is 0 Å². The van der Waals surface area contributed by atoms with Crippen LogP contribution in [0, 0.1) is 11.3 Å². The van der Waals surface area contributed by atoms with Gasteiger partial charge in [-0.1, -0.05) is 18.2 Å². The fourth-order valence-electron chi connectivity index (χ4n) is 1.74. The second kappa shape index (κ2) is 6.92. The summed E-state index contributed by atoms with van der Waals surface area (Å²) in [4.78, 5) is 12.0. The van der Waals surface area contributed by atoms with E-state index in [-0.39, 0.29) is 5.57 Å². The van der Waals surface area contributed by atoms with Crippen LogP contribution in [0.1, 0.15) is 12.7 Å². The van der Waals surface area contributed by atoms with E-state index in [1.807, 2.05) is 24.3 Å². The molecular weight excluding hydrogens is 264 g/mol. The Kier molecular flexibility index (Phi) is 4.73. The highest BCUT2D eigenvalue weighted by atomic mass is 16.3. The van der Waals surface area contributed by atoms with Crippen LogP contribution in [0.3, 0.4) is 0 Å². The van der Waals surface area contributed by atoms with Gasteiger partial charge in [0.15, 0.2) is 0 Å². The third-order valence-electron chi connectivity index (χ3n) is 2.68. The second-order valence-electron chi connectivity index (χ2n) is 4.39. The molecule has 0 unspecified atom stereocenters. The molecule has 4 nitrogen and oxygen atoms in total. The molecule has 0 bridgehead atoms. The smallest absolute Gasteiger partial charge is 0.266 e. The van der Waals surface area contributed by atoms with Gasteiger partial charge in [-0.05, 0) is 48.9 Å². The normalized spacial score (nSPS) is 11.8. The molecule has 4 heteroatoms. The maximum Gasteiger partial charge on any atom is 0.266 e. The zero-order valence-electron chi connectivity index (χ0n) is 11.5. The minimum absolute atomic E-state index is 0.0409. The van der Waals surface area contributed by atoms with Gasteiger partial charge < -0.3 is 9.73 Å². The third-order valence-corrected chi connectivity index (χ3v) is 2.68. The van der Waals surface area contributed by atoms with E-state index in [4.69, 9.17) is 9.68 Å². The molecule has 2 aromatic rings. The van der Waals surface area contributed by atoms with Crippen molar-refractivity contribution < 1.29 is 9.21 Å². The summed E-state index contributed by atoms with van der Waals surface area (Å²) in [6.07, 6.45) is 4.85. The molecule has 0 aliphatic carbocycles. The van der Waals surface area contributed by atoms with Gasteiger partial charge in [0, 0.05) is 5.69 Å². The Morgan fingerprint density at radius 1 is 1.24 bits per heavy atom. The molecule has 1 amide bonds. The summed E-state index contributed by atoms with van der Waals surface area (Å²) in [6.45, 7) is 1.80. The first-order valence-electron chi connectivity index (χ1n) is 6.39. The van der Waals surface area contributed by atoms with Gasteiger partial charge in [-0.15, -0.1) is 0 Å². The minimum Gasteiger partial charge on any atom is -0.465 e. The standard InChI is InChI=1S/C17H14N2O2/c1-13(11-16-8-5-9-21-16)10-14(12-18)17(20)19-15-6-3-2-4-7-15/h2-11H,1H3,(H,19,20)/b13-11+,14-10+. The van der Waals surface area contributed by atoms with E-state index in [2.05, 4.69) is 5.32 Å². The number of anilines is 1. The Balaban J connectivity index is 2.14. The number of hydrogen-bond donors (Lipinski definition) is 1. The van der Waals surface area contributed by atoms with Crippen molar-refractivity contribution in [2.24, 2.45) is 0 Å². The summed E-state index contributed by atoms with van der Waals surface area (Å²) in [5.74, 6) is 0.236. The summed E-state index contributed by atoms with van der Waals surface area (Å²) in [5.41, 5.74) is 1.44. The topological polar surface area (TPSA) is 66.0 Å². The van der Waals surface area contributed by atoms with Gasteiger partial charge in [-0.3, -0.25) is 4.79 Å². The first-order valence-corrected chi connectivity index (χ1v) is 6.39. The molecule has 104 valence electrons. The molecule has 0 fully saturated rings. The Morgan fingerprint density at radius 3 is 2.62 bits per heavy atom. The molecule has 0 aliphatic heterocycles. The highest BCUT2D eigenvalue weighted by molar-refractivity contribution is 6.06. The van der Waals surface area contributed by atoms with E-state index < -0.39 is 5.91 Å². The second-order valence-corrected chi connectivity index (χ2v) is 4.39. The van der Waals surface area contributed by atoms with Gasteiger partial charge in [0.1, 0.15) is 17.4 Å². The molecule has 0 atom stereocenters. The molecule has 0 spiro atoms. The number of nitriles is 1.